The highest BCUT2D eigenvalue weighted by Crippen LogP contribution is 2.20. The van der Waals surface area contributed by atoms with Crippen LogP contribution in [0.25, 0.3) is 0 Å². The number of amides is 1. The molecule has 2 aromatic rings. The van der Waals surface area contributed by atoms with Crippen LogP contribution in [0.15, 0.2) is 47.4 Å². The number of alkyl halides is 3. The molecule has 0 heterocycles. The lowest BCUT2D eigenvalue weighted by atomic mass is 10.2. The van der Waals surface area contributed by atoms with E-state index in [2.05, 4.69) is 4.72 Å². The molecule has 0 unspecified atom stereocenters. The summed E-state index contributed by atoms with van der Waals surface area (Å²) in [7, 11) is -4.13. The summed E-state index contributed by atoms with van der Waals surface area (Å²) in [5.74, 6) is -1.75. The predicted molar refractivity (Wildman–Crippen MR) is 86.8 cm³/mol. The predicted octanol–water partition coefficient (Wildman–Crippen LogP) is 3.23. The van der Waals surface area contributed by atoms with E-state index in [9.17, 15) is 30.8 Å². The molecule has 5 nitrogen and oxygen atoms in total. The number of nitrogens with one attached hydrogen (secondary N) is 2. The van der Waals surface area contributed by atoms with E-state index in [4.69, 9.17) is 0 Å². The summed E-state index contributed by atoms with van der Waals surface area (Å²) in [5, 5.41) is 1.67. The zero-order valence-corrected chi connectivity index (χ0v) is 14.2. The van der Waals surface area contributed by atoms with Crippen molar-refractivity contribution in [1.82, 2.24) is 5.32 Å². The van der Waals surface area contributed by atoms with Crippen molar-refractivity contribution in [2.45, 2.75) is 18.0 Å². The third-order valence-corrected chi connectivity index (χ3v) is 4.63. The Morgan fingerprint density at radius 2 is 1.69 bits per heavy atom. The van der Waals surface area contributed by atoms with Crippen molar-refractivity contribution < 1.29 is 30.8 Å². The minimum Gasteiger partial charge on any atom is -0.343 e. The van der Waals surface area contributed by atoms with Crippen LogP contribution in [-0.2, 0) is 10.0 Å². The number of rotatable bonds is 5. The van der Waals surface area contributed by atoms with Crippen molar-refractivity contribution in [3.8, 4) is 0 Å². The number of carbonyl (C=O) groups is 1. The molecule has 2 rings (SSSR count). The first-order valence-corrected chi connectivity index (χ1v) is 8.70. The van der Waals surface area contributed by atoms with E-state index in [1.54, 1.807) is 12.2 Å². The molecule has 0 fully saturated rings. The largest absolute Gasteiger partial charge is 0.405 e. The fourth-order valence-electron chi connectivity index (χ4n) is 1.97. The summed E-state index contributed by atoms with van der Waals surface area (Å²) in [6.45, 7) is 0.143. The van der Waals surface area contributed by atoms with Crippen molar-refractivity contribution in [3.63, 3.8) is 0 Å². The lowest BCUT2D eigenvalue weighted by molar-refractivity contribution is -0.123. The molecule has 26 heavy (non-hydrogen) atoms. The Morgan fingerprint density at radius 3 is 2.23 bits per heavy atom. The van der Waals surface area contributed by atoms with Crippen molar-refractivity contribution >= 4 is 21.6 Å². The van der Waals surface area contributed by atoms with Crippen LogP contribution in [0.1, 0.15) is 15.9 Å². The van der Waals surface area contributed by atoms with Gasteiger partial charge in [-0.15, -0.1) is 0 Å². The van der Waals surface area contributed by atoms with Crippen LogP contribution in [0.2, 0.25) is 0 Å². The maximum Gasteiger partial charge on any atom is 0.405 e. The second-order valence-electron chi connectivity index (χ2n) is 5.41. The summed E-state index contributed by atoms with van der Waals surface area (Å²) in [6, 6.07) is 8.15. The van der Waals surface area contributed by atoms with Crippen LogP contribution < -0.4 is 10.0 Å². The van der Waals surface area contributed by atoms with Crippen LogP contribution in [0.4, 0.5) is 23.2 Å². The van der Waals surface area contributed by atoms with Gasteiger partial charge in [0.25, 0.3) is 15.9 Å². The fraction of sp³-hybridized carbons (Fsp3) is 0.188. The maximum atomic E-state index is 13.8. The summed E-state index contributed by atoms with van der Waals surface area (Å²) in [4.78, 5) is 11.3. The van der Waals surface area contributed by atoms with Gasteiger partial charge in [-0.25, -0.2) is 12.8 Å². The molecule has 0 spiro atoms. The van der Waals surface area contributed by atoms with Crippen molar-refractivity contribution in [2.24, 2.45) is 0 Å². The molecular weight excluding hydrogens is 376 g/mol. The first kappa shape index (κ1) is 19.7. The minimum absolute atomic E-state index is 0.144. The van der Waals surface area contributed by atoms with E-state index in [-0.39, 0.29) is 16.1 Å². The van der Waals surface area contributed by atoms with Gasteiger partial charge >= 0.3 is 6.18 Å². The van der Waals surface area contributed by atoms with Gasteiger partial charge in [-0.05, 0) is 48.9 Å². The van der Waals surface area contributed by atoms with Crippen molar-refractivity contribution in [1.29, 1.82) is 0 Å². The number of halogens is 4. The summed E-state index contributed by atoms with van der Waals surface area (Å²) < 4.78 is 76.6. The topological polar surface area (TPSA) is 75.3 Å². The van der Waals surface area contributed by atoms with Crippen LogP contribution in [-0.4, -0.2) is 27.0 Å². The number of benzene rings is 2. The van der Waals surface area contributed by atoms with Gasteiger partial charge in [-0.1, -0.05) is 6.07 Å². The second-order valence-corrected chi connectivity index (χ2v) is 7.09. The van der Waals surface area contributed by atoms with Gasteiger partial charge in [0.05, 0.1) is 10.6 Å². The molecule has 0 bridgehead atoms. The lowest BCUT2D eigenvalue weighted by Crippen LogP contribution is -2.33. The normalized spacial score (nSPS) is 11.9. The first-order valence-electron chi connectivity index (χ1n) is 7.22. The highest BCUT2D eigenvalue weighted by Gasteiger charge is 2.28. The Hall–Kier alpha value is -2.62. The third-order valence-electron chi connectivity index (χ3n) is 3.25. The monoisotopic (exact) mass is 390 g/mol. The number of aryl methyl sites for hydroxylation is 1. The molecular formula is C16H14F4N2O3S. The van der Waals surface area contributed by atoms with Gasteiger partial charge < -0.3 is 5.32 Å². The van der Waals surface area contributed by atoms with E-state index in [1.165, 1.54) is 12.1 Å². The smallest absolute Gasteiger partial charge is 0.343 e. The molecule has 2 N–H and O–H groups in total. The fourth-order valence-corrected chi connectivity index (χ4v) is 3.04. The molecule has 0 aliphatic rings. The van der Waals surface area contributed by atoms with Gasteiger partial charge in [0.2, 0.25) is 0 Å². The molecule has 1 amide bonds. The standard InChI is InChI=1S/C16H14F4N2O3S/c1-10-2-7-14(13(17)8-10)22-26(24,25)12-5-3-11(4-6-12)15(23)21-9-16(18,19)20/h2-8,22H,9H2,1H3,(H,21,23). The Labute approximate surface area is 147 Å². The molecule has 0 atom stereocenters. The van der Waals surface area contributed by atoms with E-state index < -0.39 is 34.5 Å². The number of sulfonamides is 1. The Morgan fingerprint density at radius 1 is 1.08 bits per heavy atom. The van der Waals surface area contributed by atoms with Gasteiger partial charge in [-0.2, -0.15) is 13.2 Å². The van der Waals surface area contributed by atoms with Crippen LogP contribution in [0, 0.1) is 12.7 Å². The molecule has 0 saturated carbocycles. The minimum atomic E-state index is -4.55. The van der Waals surface area contributed by atoms with Gasteiger partial charge in [-0.3, -0.25) is 9.52 Å². The molecule has 2 aromatic carbocycles. The van der Waals surface area contributed by atoms with Crippen LogP contribution in [0.3, 0.4) is 0 Å². The highest BCUT2D eigenvalue weighted by molar-refractivity contribution is 7.92. The SMILES string of the molecule is Cc1ccc(NS(=O)(=O)c2ccc(C(=O)NCC(F)(F)F)cc2)c(F)c1. The third kappa shape index (κ3) is 5.19. The Bertz CT molecular complexity index is 910. The number of anilines is 1. The highest BCUT2D eigenvalue weighted by atomic mass is 32.2. The van der Waals surface area contributed by atoms with E-state index in [0.29, 0.717) is 5.56 Å². The summed E-state index contributed by atoms with van der Waals surface area (Å²) in [6.07, 6.45) is -4.55. The maximum absolute atomic E-state index is 13.8. The number of carbonyl (C=O) groups excluding carboxylic acids is 1. The first-order chi connectivity index (χ1) is 12.0. The Kier molecular flexibility index (Phi) is 5.55. The average molecular weight is 390 g/mol. The van der Waals surface area contributed by atoms with Gasteiger partial charge in [0, 0.05) is 5.56 Å². The van der Waals surface area contributed by atoms with E-state index >= 15 is 0 Å². The van der Waals surface area contributed by atoms with Gasteiger partial charge in [0.15, 0.2) is 0 Å². The van der Waals surface area contributed by atoms with Crippen molar-refractivity contribution in [3.05, 3.63) is 59.4 Å². The van der Waals surface area contributed by atoms with Gasteiger partial charge in [0.1, 0.15) is 12.4 Å². The molecule has 10 heteroatoms. The molecule has 0 aliphatic heterocycles. The quantitative estimate of drug-likeness (QED) is 0.770. The van der Waals surface area contributed by atoms with Crippen molar-refractivity contribution in [2.75, 3.05) is 11.3 Å². The molecule has 0 aliphatic carbocycles. The average Bonchev–Trinajstić information content (AvgIpc) is 2.54. The molecule has 0 radical (unpaired) electrons. The Balaban J connectivity index is 2.14. The van der Waals surface area contributed by atoms with Crippen LogP contribution >= 0.6 is 0 Å². The zero-order chi connectivity index (χ0) is 19.5. The van der Waals surface area contributed by atoms with E-state index in [0.717, 1.165) is 30.3 Å². The zero-order valence-electron chi connectivity index (χ0n) is 13.4. The molecule has 0 saturated heterocycles. The molecule has 140 valence electrons. The lowest BCUT2D eigenvalue weighted by Gasteiger charge is -2.11. The van der Waals surface area contributed by atoms with Crippen LogP contribution in [0.5, 0.6) is 0 Å². The summed E-state index contributed by atoms with van der Waals surface area (Å²) >= 11 is 0. The number of hydrogen-bond donors (Lipinski definition) is 2. The van der Waals surface area contributed by atoms with E-state index in [1.807, 2.05) is 0 Å². The number of hydrogen-bond acceptors (Lipinski definition) is 3. The summed E-state index contributed by atoms with van der Waals surface area (Å²) in [5.41, 5.74) is 0.219. The molecule has 0 aromatic heterocycles. The second kappa shape index (κ2) is 7.32.